The minimum atomic E-state index is 0. The second kappa shape index (κ2) is 6.94. The highest BCUT2D eigenvalue weighted by Gasteiger charge is 2.23. The van der Waals surface area contributed by atoms with Crippen LogP contribution in [0.2, 0.25) is 0 Å². The van der Waals surface area contributed by atoms with Crippen LogP contribution in [0.3, 0.4) is 0 Å². The van der Waals surface area contributed by atoms with E-state index in [4.69, 9.17) is 0 Å². The summed E-state index contributed by atoms with van der Waals surface area (Å²) in [4.78, 5) is 19.0. The number of nitrogens with zero attached hydrogens (tertiary/aromatic N) is 3. The lowest BCUT2D eigenvalue weighted by Gasteiger charge is -2.27. The molecular weight excluding hydrogens is 300 g/mol. The van der Waals surface area contributed by atoms with Gasteiger partial charge in [0.1, 0.15) is 5.82 Å². The number of hydrogen-bond acceptors (Lipinski definition) is 3. The first-order valence-electron chi connectivity index (χ1n) is 7.29. The summed E-state index contributed by atoms with van der Waals surface area (Å²) in [5.74, 6) is 0.971. The quantitative estimate of drug-likeness (QED) is 0.920. The molecule has 5 nitrogen and oxygen atoms in total. The first-order chi connectivity index (χ1) is 10.2. The molecule has 1 aliphatic heterocycles. The zero-order valence-electron chi connectivity index (χ0n) is 12.9. The molecule has 0 atom stereocenters. The van der Waals surface area contributed by atoms with Gasteiger partial charge in [0, 0.05) is 43.8 Å². The number of amides is 1. The van der Waals surface area contributed by atoms with Crippen molar-refractivity contribution in [2.24, 2.45) is 0 Å². The van der Waals surface area contributed by atoms with Crippen molar-refractivity contribution in [2.75, 3.05) is 26.2 Å². The monoisotopic (exact) mass is 320 g/mol. The van der Waals surface area contributed by atoms with Crippen molar-refractivity contribution in [1.82, 2.24) is 19.8 Å². The second-order valence-electron chi connectivity index (χ2n) is 5.35. The van der Waals surface area contributed by atoms with E-state index in [9.17, 15) is 4.79 Å². The molecule has 0 aliphatic carbocycles. The number of rotatable bonds is 2. The van der Waals surface area contributed by atoms with Crippen LogP contribution >= 0.6 is 12.4 Å². The zero-order valence-corrected chi connectivity index (χ0v) is 13.7. The number of pyridine rings is 1. The van der Waals surface area contributed by atoms with Crippen molar-refractivity contribution < 1.29 is 4.79 Å². The van der Waals surface area contributed by atoms with Gasteiger partial charge in [-0.25, -0.2) is 4.98 Å². The number of aryl methyl sites for hydroxylation is 1. The Morgan fingerprint density at radius 2 is 1.95 bits per heavy atom. The van der Waals surface area contributed by atoms with Gasteiger partial charge < -0.3 is 14.8 Å². The summed E-state index contributed by atoms with van der Waals surface area (Å²) in [6.07, 6.45) is 1.77. The Morgan fingerprint density at radius 3 is 2.59 bits per heavy atom. The SMILES string of the molecule is Cc1cc(C(=O)N2CCNCC2)c(C)n1-c1ccccn1.Cl. The van der Waals surface area contributed by atoms with Gasteiger partial charge in [0.25, 0.3) is 5.91 Å². The van der Waals surface area contributed by atoms with E-state index in [1.165, 1.54) is 0 Å². The molecule has 0 bridgehead atoms. The molecule has 1 amide bonds. The Morgan fingerprint density at radius 1 is 1.23 bits per heavy atom. The molecule has 1 saturated heterocycles. The molecule has 1 aliphatic rings. The van der Waals surface area contributed by atoms with Crippen LogP contribution < -0.4 is 5.32 Å². The molecule has 6 heteroatoms. The number of carbonyl (C=O) groups is 1. The normalized spacial score (nSPS) is 14.5. The van der Waals surface area contributed by atoms with Gasteiger partial charge in [-0.2, -0.15) is 0 Å². The summed E-state index contributed by atoms with van der Waals surface area (Å²) < 4.78 is 2.04. The molecule has 2 aromatic heterocycles. The number of aromatic nitrogens is 2. The van der Waals surface area contributed by atoms with Gasteiger partial charge in [-0.05, 0) is 32.0 Å². The zero-order chi connectivity index (χ0) is 14.8. The average molecular weight is 321 g/mol. The van der Waals surface area contributed by atoms with Gasteiger partial charge in [-0.15, -0.1) is 12.4 Å². The largest absolute Gasteiger partial charge is 0.336 e. The van der Waals surface area contributed by atoms with Crippen LogP contribution in [-0.2, 0) is 0 Å². The van der Waals surface area contributed by atoms with Crippen LogP contribution in [0.4, 0.5) is 0 Å². The lowest BCUT2D eigenvalue weighted by Crippen LogP contribution is -2.46. The smallest absolute Gasteiger partial charge is 0.255 e. The number of nitrogens with one attached hydrogen (secondary N) is 1. The molecule has 1 fully saturated rings. The first-order valence-corrected chi connectivity index (χ1v) is 7.29. The van der Waals surface area contributed by atoms with Gasteiger partial charge in [-0.1, -0.05) is 6.07 Å². The number of halogens is 1. The fraction of sp³-hybridized carbons (Fsp3) is 0.375. The molecule has 3 rings (SSSR count). The Labute approximate surface area is 136 Å². The average Bonchev–Trinajstić information content (AvgIpc) is 2.83. The van der Waals surface area contributed by atoms with Crippen LogP contribution in [-0.4, -0.2) is 46.5 Å². The van der Waals surface area contributed by atoms with Crippen LogP contribution in [0.15, 0.2) is 30.5 Å². The van der Waals surface area contributed by atoms with E-state index in [0.717, 1.165) is 48.9 Å². The van der Waals surface area contributed by atoms with Crippen LogP contribution in [0, 0.1) is 13.8 Å². The molecule has 0 spiro atoms. The minimum absolute atomic E-state index is 0. The third kappa shape index (κ3) is 3.00. The molecule has 1 N–H and O–H groups in total. The van der Waals surface area contributed by atoms with Crippen molar-refractivity contribution in [2.45, 2.75) is 13.8 Å². The lowest BCUT2D eigenvalue weighted by atomic mass is 10.2. The number of hydrogen-bond donors (Lipinski definition) is 1. The molecule has 0 unspecified atom stereocenters. The Hall–Kier alpha value is -1.85. The van der Waals surface area contributed by atoms with Gasteiger partial charge in [0.15, 0.2) is 0 Å². The second-order valence-corrected chi connectivity index (χ2v) is 5.35. The molecular formula is C16H21ClN4O. The van der Waals surface area contributed by atoms with E-state index in [2.05, 4.69) is 10.3 Å². The topological polar surface area (TPSA) is 50.2 Å². The predicted octanol–water partition coefficient (Wildman–Crippen LogP) is 1.96. The Bertz CT molecular complexity index is 648. The van der Waals surface area contributed by atoms with E-state index in [1.807, 2.05) is 47.6 Å². The minimum Gasteiger partial charge on any atom is -0.336 e. The summed E-state index contributed by atoms with van der Waals surface area (Å²) >= 11 is 0. The maximum Gasteiger partial charge on any atom is 0.255 e. The maximum atomic E-state index is 12.7. The van der Waals surface area contributed by atoms with Crippen molar-refractivity contribution in [3.63, 3.8) is 0 Å². The van der Waals surface area contributed by atoms with Gasteiger partial charge in [0.2, 0.25) is 0 Å². The van der Waals surface area contributed by atoms with Crippen molar-refractivity contribution >= 4 is 18.3 Å². The lowest BCUT2D eigenvalue weighted by molar-refractivity contribution is 0.0735. The van der Waals surface area contributed by atoms with Crippen LogP contribution in [0.5, 0.6) is 0 Å². The summed E-state index contributed by atoms with van der Waals surface area (Å²) in [5, 5.41) is 3.27. The van der Waals surface area contributed by atoms with Gasteiger partial charge >= 0.3 is 0 Å². The third-order valence-corrected chi connectivity index (χ3v) is 3.94. The number of carbonyl (C=O) groups excluding carboxylic acids is 1. The molecule has 0 aromatic carbocycles. The molecule has 0 radical (unpaired) electrons. The summed E-state index contributed by atoms with van der Waals surface area (Å²) in [7, 11) is 0. The molecule has 0 saturated carbocycles. The van der Waals surface area contributed by atoms with Gasteiger partial charge in [-0.3, -0.25) is 4.79 Å². The van der Waals surface area contributed by atoms with Gasteiger partial charge in [0.05, 0.1) is 5.56 Å². The van der Waals surface area contributed by atoms with E-state index in [1.54, 1.807) is 6.20 Å². The highest BCUT2D eigenvalue weighted by molar-refractivity contribution is 5.96. The standard InChI is InChI=1S/C16H20N4O.ClH/c1-12-11-14(16(21)19-9-7-17-8-10-19)13(2)20(12)15-5-3-4-6-18-15;/h3-6,11,17H,7-10H2,1-2H3;1H. The fourth-order valence-electron chi connectivity index (χ4n) is 2.86. The predicted molar refractivity (Wildman–Crippen MR) is 89.1 cm³/mol. The van der Waals surface area contributed by atoms with Crippen LogP contribution in [0.1, 0.15) is 21.7 Å². The highest BCUT2D eigenvalue weighted by atomic mass is 35.5. The van der Waals surface area contributed by atoms with Crippen molar-refractivity contribution in [3.05, 3.63) is 47.4 Å². The molecule has 118 valence electrons. The number of piperazine rings is 1. The molecule has 2 aromatic rings. The summed E-state index contributed by atoms with van der Waals surface area (Å²) in [6.45, 7) is 7.26. The molecule has 3 heterocycles. The van der Waals surface area contributed by atoms with E-state index >= 15 is 0 Å². The van der Waals surface area contributed by atoms with E-state index < -0.39 is 0 Å². The van der Waals surface area contributed by atoms with E-state index in [-0.39, 0.29) is 18.3 Å². The fourth-order valence-corrected chi connectivity index (χ4v) is 2.86. The maximum absolute atomic E-state index is 12.7. The van der Waals surface area contributed by atoms with Crippen molar-refractivity contribution in [1.29, 1.82) is 0 Å². The highest BCUT2D eigenvalue weighted by Crippen LogP contribution is 2.21. The Kier molecular flexibility index (Phi) is 5.21. The summed E-state index contributed by atoms with van der Waals surface area (Å²) in [6, 6.07) is 7.77. The van der Waals surface area contributed by atoms with Crippen molar-refractivity contribution in [3.8, 4) is 5.82 Å². The third-order valence-electron chi connectivity index (χ3n) is 3.94. The first kappa shape index (κ1) is 16.5. The summed E-state index contributed by atoms with van der Waals surface area (Å²) in [5.41, 5.74) is 2.76. The van der Waals surface area contributed by atoms with Crippen LogP contribution in [0.25, 0.3) is 5.82 Å². The Balaban J connectivity index is 0.00000176. The molecule has 22 heavy (non-hydrogen) atoms. The van der Waals surface area contributed by atoms with E-state index in [0.29, 0.717) is 0 Å².